The summed E-state index contributed by atoms with van der Waals surface area (Å²) in [6.45, 7) is 0. The Morgan fingerprint density at radius 1 is 1.39 bits per heavy atom. The van der Waals surface area contributed by atoms with Crippen LogP contribution >= 0.6 is 11.6 Å². The molecule has 0 aliphatic carbocycles. The summed E-state index contributed by atoms with van der Waals surface area (Å²) >= 11 is 5.29. The Morgan fingerprint density at radius 3 is 2.50 bits per heavy atom. The van der Waals surface area contributed by atoms with Gasteiger partial charge in [-0.25, -0.2) is 8.42 Å². The molecule has 100 valence electrons. The summed E-state index contributed by atoms with van der Waals surface area (Å²) < 4.78 is 29.5. The van der Waals surface area contributed by atoms with Gasteiger partial charge in [0.2, 0.25) is 10.0 Å². The fraction of sp³-hybridized carbons (Fsp3) is 0.364. The summed E-state index contributed by atoms with van der Waals surface area (Å²) in [4.78, 5) is 11.5. The van der Waals surface area contributed by atoms with Gasteiger partial charge in [-0.15, -0.1) is 11.6 Å². The highest BCUT2D eigenvalue weighted by Gasteiger charge is 2.24. The van der Waals surface area contributed by atoms with Gasteiger partial charge in [-0.1, -0.05) is 30.3 Å². The summed E-state index contributed by atoms with van der Waals surface area (Å²) in [7, 11) is -2.48. The number of hydrogen-bond acceptors (Lipinski definition) is 4. The van der Waals surface area contributed by atoms with Crippen LogP contribution in [0.25, 0.3) is 0 Å². The molecule has 0 fully saturated rings. The van der Waals surface area contributed by atoms with Crippen molar-refractivity contribution >= 4 is 27.6 Å². The second kappa shape index (κ2) is 6.72. The van der Waals surface area contributed by atoms with Gasteiger partial charge in [-0.05, 0) is 12.0 Å². The fourth-order valence-electron chi connectivity index (χ4n) is 1.41. The van der Waals surface area contributed by atoms with Crippen molar-refractivity contribution in [3.63, 3.8) is 0 Å². The number of carbonyl (C=O) groups is 1. The van der Waals surface area contributed by atoms with Gasteiger partial charge in [0.15, 0.2) is 0 Å². The SMILES string of the molecule is COC(=O)C(Cc1ccccc1)NS(=O)(=O)CCl. The predicted octanol–water partition coefficient (Wildman–Crippen LogP) is 0.886. The molecule has 0 aliphatic rings. The molecule has 0 heterocycles. The largest absolute Gasteiger partial charge is 0.468 e. The third-order valence-corrected chi connectivity index (χ3v) is 4.03. The van der Waals surface area contributed by atoms with E-state index in [4.69, 9.17) is 11.6 Å². The maximum absolute atomic E-state index is 11.5. The van der Waals surface area contributed by atoms with E-state index in [1.807, 2.05) is 6.07 Å². The van der Waals surface area contributed by atoms with Crippen molar-refractivity contribution in [2.45, 2.75) is 12.5 Å². The number of nitrogens with one attached hydrogen (secondary N) is 1. The van der Waals surface area contributed by atoms with Crippen molar-refractivity contribution in [2.75, 3.05) is 12.3 Å². The quantitative estimate of drug-likeness (QED) is 0.624. The minimum absolute atomic E-state index is 0.212. The van der Waals surface area contributed by atoms with Crippen LogP contribution in [0.15, 0.2) is 30.3 Å². The molecule has 0 saturated carbocycles. The van der Waals surface area contributed by atoms with Crippen LogP contribution in [-0.2, 0) is 26.0 Å². The Kier molecular flexibility index (Phi) is 5.58. The number of rotatable bonds is 6. The molecule has 1 N–H and O–H groups in total. The van der Waals surface area contributed by atoms with Crippen LogP contribution in [0, 0.1) is 0 Å². The van der Waals surface area contributed by atoms with E-state index in [-0.39, 0.29) is 6.42 Å². The van der Waals surface area contributed by atoms with Crippen LogP contribution in [0.1, 0.15) is 5.56 Å². The standard InChI is InChI=1S/C11H14ClNO4S/c1-17-11(14)10(13-18(15,16)8-12)7-9-5-3-2-4-6-9/h2-6,10,13H,7-8H2,1H3. The lowest BCUT2D eigenvalue weighted by Gasteiger charge is -2.15. The molecule has 18 heavy (non-hydrogen) atoms. The Bertz CT molecular complexity index is 489. The van der Waals surface area contributed by atoms with Gasteiger partial charge in [-0.2, -0.15) is 4.72 Å². The lowest BCUT2D eigenvalue weighted by Crippen LogP contribution is -2.43. The number of hydrogen-bond donors (Lipinski definition) is 1. The zero-order valence-electron chi connectivity index (χ0n) is 9.80. The fourth-order valence-corrected chi connectivity index (χ4v) is 2.28. The highest BCUT2D eigenvalue weighted by molar-refractivity contribution is 7.90. The second-order valence-corrected chi connectivity index (χ2v) is 5.95. The number of esters is 1. The summed E-state index contributed by atoms with van der Waals surface area (Å²) in [6, 6.07) is 8.07. The molecule has 0 spiro atoms. The Morgan fingerprint density at radius 2 is 2.00 bits per heavy atom. The van der Waals surface area contributed by atoms with E-state index in [9.17, 15) is 13.2 Å². The third-order valence-electron chi connectivity index (χ3n) is 2.23. The van der Waals surface area contributed by atoms with E-state index in [0.717, 1.165) is 5.56 Å². The highest BCUT2D eigenvalue weighted by Crippen LogP contribution is 2.06. The Balaban J connectivity index is 2.83. The first kappa shape index (κ1) is 14.9. The molecule has 0 amide bonds. The minimum atomic E-state index is -3.68. The highest BCUT2D eigenvalue weighted by atomic mass is 35.5. The molecule has 0 radical (unpaired) electrons. The molecule has 1 aromatic rings. The van der Waals surface area contributed by atoms with Crippen LogP contribution in [0.2, 0.25) is 0 Å². The molecule has 0 saturated heterocycles. The topological polar surface area (TPSA) is 72.5 Å². The lowest BCUT2D eigenvalue weighted by molar-refractivity contribution is -0.142. The number of benzene rings is 1. The van der Waals surface area contributed by atoms with Crippen LogP contribution in [-0.4, -0.2) is 32.8 Å². The van der Waals surface area contributed by atoms with E-state index in [1.54, 1.807) is 24.3 Å². The third kappa shape index (κ3) is 4.64. The Hall–Kier alpha value is -1.11. The van der Waals surface area contributed by atoms with Gasteiger partial charge < -0.3 is 4.74 Å². The zero-order chi connectivity index (χ0) is 13.6. The number of ether oxygens (including phenoxy) is 1. The number of carbonyl (C=O) groups excluding carboxylic acids is 1. The molecular weight excluding hydrogens is 278 g/mol. The van der Waals surface area contributed by atoms with Crippen molar-refractivity contribution < 1.29 is 17.9 Å². The number of sulfonamides is 1. The van der Waals surface area contributed by atoms with E-state index >= 15 is 0 Å². The van der Waals surface area contributed by atoms with Crippen molar-refractivity contribution in [3.8, 4) is 0 Å². The summed E-state index contributed by atoms with van der Waals surface area (Å²) in [5.74, 6) is -0.646. The average molecular weight is 292 g/mol. The molecule has 1 aromatic carbocycles. The van der Waals surface area contributed by atoms with Crippen LogP contribution in [0.3, 0.4) is 0 Å². The molecule has 5 nitrogen and oxygen atoms in total. The molecule has 1 unspecified atom stereocenters. The normalized spacial score (nSPS) is 13.0. The molecule has 0 aliphatic heterocycles. The van der Waals surface area contributed by atoms with Crippen LogP contribution in [0.4, 0.5) is 0 Å². The van der Waals surface area contributed by atoms with Crippen molar-refractivity contribution in [3.05, 3.63) is 35.9 Å². The van der Waals surface area contributed by atoms with E-state index < -0.39 is 27.2 Å². The van der Waals surface area contributed by atoms with Gasteiger partial charge >= 0.3 is 5.97 Å². The van der Waals surface area contributed by atoms with Gasteiger partial charge in [0, 0.05) is 0 Å². The van der Waals surface area contributed by atoms with Crippen molar-refractivity contribution in [1.29, 1.82) is 0 Å². The molecule has 1 rings (SSSR count). The molecule has 7 heteroatoms. The maximum Gasteiger partial charge on any atom is 0.324 e. The van der Waals surface area contributed by atoms with Crippen LogP contribution < -0.4 is 4.72 Å². The first-order chi connectivity index (χ1) is 8.48. The number of halogens is 1. The number of alkyl halides is 1. The summed E-state index contributed by atoms with van der Waals surface area (Å²) in [5.41, 5.74) is 0.824. The summed E-state index contributed by atoms with van der Waals surface area (Å²) in [6.07, 6.45) is 0.212. The monoisotopic (exact) mass is 291 g/mol. The number of methoxy groups -OCH3 is 1. The van der Waals surface area contributed by atoms with E-state index in [2.05, 4.69) is 9.46 Å². The van der Waals surface area contributed by atoms with Crippen LogP contribution in [0.5, 0.6) is 0 Å². The van der Waals surface area contributed by atoms with Crippen molar-refractivity contribution in [2.24, 2.45) is 0 Å². The molecule has 1 atom stereocenters. The minimum Gasteiger partial charge on any atom is -0.468 e. The average Bonchev–Trinajstić information content (AvgIpc) is 2.38. The first-order valence-electron chi connectivity index (χ1n) is 5.16. The van der Waals surface area contributed by atoms with Crippen molar-refractivity contribution in [1.82, 2.24) is 4.72 Å². The Labute approximate surface area is 111 Å². The van der Waals surface area contributed by atoms with Gasteiger partial charge in [0.05, 0.1) is 7.11 Å². The van der Waals surface area contributed by atoms with Gasteiger partial charge in [-0.3, -0.25) is 4.79 Å². The van der Waals surface area contributed by atoms with E-state index in [1.165, 1.54) is 7.11 Å². The predicted molar refractivity (Wildman–Crippen MR) is 68.7 cm³/mol. The molecular formula is C11H14ClNO4S. The summed E-state index contributed by atoms with van der Waals surface area (Å²) in [5, 5.41) is -0.602. The zero-order valence-corrected chi connectivity index (χ0v) is 11.4. The maximum atomic E-state index is 11.5. The first-order valence-corrected chi connectivity index (χ1v) is 7.35. The van der Waals surface area contributed by atoms with Gasteiger partial charge in [0.25, 0.3) is 0 Å². The molecule has 0 aromatic heterocycles. The molecule has 0 bridgehead atoms. The van der Waals surface area contributed by atoms with Gasteiger partial charge in [0.1, 0.15) is 11.3 Å². The van der Waals surface area contributed by atoms with E-state index in [0.29, 0.717) is 0 Å². The lowest BCUT2D eigenvalue weighted by atomic mass is 10.1. The second-order valence-electron chi connectivity index (χ2n) is 3.61. The smallest absolute Gasteiger partial charge is 0.324 e.